The molecule has 31 heavy (non-hydrogen) atoms. The van der Waals surface area contributed by atoms with Crippen LogP contribution < -0.4 is 4.90 Å². The molecule has 3 saturated heterocycles. The van der Waals surface area contributed by atoms with Gasteiger partial charge in [0.2, 0.25) is 5.91 Å². The van der Waals surface area contributed by atoms with Crippen LogP contribution in [0.1, 0.15) is 39.2 Å². The molecular formula is C23H23N5O3. The highest BCUT2D eigenvalue weighted by Gasteiger charge is 2.63. The van der Waals surface area contributed by atoms with Crippen LogP contribution in [0.3, 0.4) is 0 Å². The molecule has 5 rings (SSSR count). The van der Waals surface area contributed by atoms with Crippen LogP contribution in [0.2, 0.25) is 0 Å². The summed E-state index contributed by atoms with van der Waals surface area (Å²) in [7, 11) is 0. The van der Waals surface area contributed by atoms with E-state index in [0.717, 1.165) is 0 Å². The topological polar surface area (TPSA) is 97.6 Å². The van der Waals surface area contributed by atoms with Gasteiger partial charge in [-0.1, -0.05) is 20.8 Å². The molecule has 1 aromatic heterocycles. The first-order valence-corrected chi connectivity index (χ1v) is 10.4. The summed E-state index contributed by atoms with van der Waals surface area (Å²) in [6.45, 7) is 6.52. The fourth-order valence-electron chi connectivity index (χ4n) is 5.16. The summed E-state index contributed by atoms with van der Waals surface area (Å²) in [5, 5.41) is 9.96. The number of fused-ring (bicyclic) bond motifs is 6. The lowest BCUT2D eigenvalue weighted by atomic mass is 9.91. The Kier molecular flexibility index (Phi) is 4.09. The Hall–Kier alpha value is -3.47. The Morgan fingerprint density at radius 1 is 1.26 bits per heavy atom. The zero-order valence-corrected chi connectivity index (χ0v) is 17.7. The number of likely N-dealkylation sites (tertiary alicyclic amines) is 1. The van der Waals surface area contributed by atoms with Crippen molar-refractivity contribution < 1.29 is 14.4 Å². The first-order valence-electron chi connectivity index (χ1n) is 10.4. The Bertz CT molecular complexity index is 1180. The molecule has 4 heterocycles. The zero-order chi connectivity index (χ0) is 22.1. The van der Waals surface area contributed by atoms with Gasteiger partial charge in [-0.15, -0.1) is 0 Å². The molecule has 2 bridgehead atoms. The van der Waals surface area contributed by atoms with Crippen molar-refractivity contribution in [1.82, 2.24) is 14.8 Å². The van der Waals surface area contributed by atoms with E-state index in [1.165, 1.54) is 4.90 Å². The molecule has 0 N–H and O–H groups in total. The number of hydrogen-bond acceptors (Lipinski definition) is 5. The van der Waals surface area contributed by atoms with Gasteiger partial charge in [0.15, 0.2) is 0 Å². The maximum atomic E-state index is 13.5. The Morgan fingerprint density at radius 2 is 2.03 bits per heavy atom. The van der Waals surface area contributed by atoms with Crippen molar-refractivity contribution in [3.8, 4) is 6.07 Å². The second-order valence-corrected chi connectivity index (χ2v) is 9.69. The van der Waals surface area contributed by atoms with Crippen LogP contribution in [0.15, 0.2) is 30.5 Å². The summed E-state index contributed by atoms with van der Waals surface area (Å²) in [6, 6.07) is 7.35. The largest absolute Gasteiger partial charge is 0.335 e. The third-order valence-electron chi connectivity index (χ3n) is 6.37. The second-order valence-electron chi connectivity index (χ2n) is 9.69. The summed E-state index contributed by atoms with van der Waals surface area (Å²) in [5.41, 5.74) is 1.13. The molecule has 0 spiro atoms. The number of carbonyl (C=O) groups is 3. The van der Waals surface area contributed by atoms with Crippen molar-refractivity contribution in [1.29, 1.82) is 5.26 Å². The van der Waals surface area contributed by atoms with Gasteiger partial charge in [0.05, 0.1) is 28.9 Å². The lowest BCUT2D eigenvalue weighted by Gasteiger charge is -2.36. The standard InChI is InChI=1S/C23H23N5O3/c1-23(2,3)10-18(29)26-12-14-9-17(26)20-21(30)28(22(31)27(14)20)16-7-6-13(11-24)19-15(16)5-4-8-25-19/h4-8,14,17,20H,9-10,12H2,1-3H3/t14-,17?,20?/m1/s1. The lowest BCUT2D eigenvalue weighted by molar-refractivity contribution is -0.137. The molecule has 8 nitrogen and oxygen atoms in total. The van der Waals surface area contributed by atoms with Crippen molar-refractivity contribution in [3.05, 3.63) is 36.0 Å². The number of hydrogen-bond donors (Lipinski definition) is 0. The summed E-state index contributed by atoms with van der Waals surface area (Å²) in [6.07, 6.45) is 2.63. The maximum absolute atomic E-state index is 13.5. The van der Waals surface area contributed by atoms with Crippen LogP contribution in [0, 0.1) is 16.7 Å². The number of rotatable bonds is 2. The number of amides is 4. The van der Waals surface area contributed by atoms with E-state index < -0.39 is 6.04 Å². The van der Waals surface area contributed by atoms with Crippen LogP contribution in [0.5, 0.6) is 0 Å². The smallest absolute Gasteiger partial charge is 0.332 e. The third-order valence-corrected chi connectivity index (χ3v) is 6.37. The van der Waals surface area contributed by atoms with Crippen molar-refractivity contribution in [3.63, 3.8) is 0 Å². The number of aromatic nitrogens is 1. The molecule has 4 amide bonds. The van der Waals surface area contributed by atoms with Crippen LogP contribution in [-0.2, 0) is 9.59 Å². The van der Waals surface area contributed by atoms with Crippen LogP contribution >= 0.6 is 0 Å². The fraction of sp³-hybridized carbons (Fsp3) is 0.435. The highest BCUT2D eigenvalue weighted by atomic mass is 16.2. The van der Waals surface area contributed by atoms with Crippen molar-refractivity contribution in [2.45, 2.75) is 51.7 Å². The normalized spacial score (nSPS) is 24.8. The van der Waals surface area contributed by atoms with Gasteiger partial charge in [0.1, 0.15) is 12.1 Å². The Morgan fingerprint density at radius 3 is 2.74 bits per heavy atom. The second kappa shape index (κ2) is 6.51. The van der Waals surface area contributed by atoms with Gasteiger partial charge in [0.25, 0.3) is 5.91 Å². The predicted octanol–water partition coefficient (Wildman–Crippen LogP) is 2.66. The summed E-state index contributed by atoms with van der Waals surface area (Å²) >= 11 is 0. The molecule has 3 aliphatic rings. The zero-order valence-electron chi connectivity index (χ0n) is 17.7. The minimum atomic E-state index is -0.655. The maximum Gasteiger partial charge on any atom is 0.332 e. The lowest BCUT2D eigenvalue weighted by Crippen LogP contribution is -2.55. The Labute approximate surface area is 180 Å². The molecule has 3 atom stereocenters. The van der Waals surface area contributed by atoms with Gasteiger partial charge >= 0.3 is 6.03 Å². The summed E-state index contributed by atoms with van der Waals surface area (Å²) < 4.78 is 0. The molecule has 8 heteroatoms. The van der Waals surface area contributed by atoms with E-state index in [4.69, 9.17) is 0 Å². The fourth-order valence-corrected chi connectivity index (χ4v) is 5.16. The van der Waals surface area contributed by atoms with Gasteiger partial charge < -0.3 is 9.80 Å². The number of piperazine rings is 1. The van der Waals surface area contributed by atoms with E-state index in [0.29, 0.717) is 41.5 Å². The molecule has 3 fully saturated rings. The molecule has 3 aliphatic heterocycles. The number of pyridine rings is 1. The third kappa shape index (κ3) is 2.80. The van der Waals surface area contributed by atoms with E-state index in [1.807, 2.05) is 20.8 Å². The first-order chi connectivity index (χ1) is 14.7. The number of nitriles is 1. The van der Waals surface area contributed by atoms with E-state index in [2.05, 4.69) is 11.1 Å². The van der Waals surface area contributed by atoms with Crippen LogP contribution in [-0.4, -0.2) is 57.3 Å². The number of anilines is 1. The number of benzene rings is 1. The van der Waals surface area contributed by atoms with Gasteiger partial charge in [0, 0.05) is 24.5 Å². The molecule has 0 radical (unpaired) electrons. The number of urea groups is 1. The van der Waals surface area contributed by atoms with Gasteiger partial charge in [-0.2, -0.15) is 5.26 Å². The Balaban J connectivity index is 1.51. The monoisotopic (exact) mass is 417 g/mol. The van der Waals surface area contributed by atoms with Gasteiger partial charge in [-0.3, -0.25) is 14.6 Å². The van der Waals surface area contributed by atoms with E-state index in [-0.39, 0.29) is 35.3 Å². The molecule has 1 aromatic carbocycles. The summed E-state index contributed by atoms with van der Waals surface area (Å²) in [5.74, 6) is -0.285. The summed E-state index contributed by atoms with van der Waals surface area (Å²) in [4.78, 5) is 48.6. The number of nitrogens with zero attached hydrogens (tertiary/aromatic N) is 5. The van der Waals surface area contributed by atoms with Crippen LogP contribution in [0.4, 0.5) is 10.5 Å². The van der Waals surface area contributed by atoms with Gasteiger partial charge in [-0.25, -0.2) is 9.69 Å². The average molecular weight is 417 g/mol. The average Bonchev–Trinajstić information content (AvgIpc) is 3.38. The van der Waals surface area contributed by atoms with E-state index >= 15 is 0 Å². The molecule has 2 aromatic rings. The van der Waals surface area contributed by atoms with Crippen molar-refractivity contribution >= 4 is 34.4 Å². The van der Waals surface area contributed by atoms with E-state index in [1.54, 1.807) is 40.3 Å². The number of imide groups is 1. The highest BCUT2D eigenvalue weighted by molar-refractivity contribution is 6.25. The van der Waals surface area contributed by atoms with Crippen LogP contribution in [0.25, 0.3) is 10.9 Å². The van der Waals surface area contributed by atoms with Gasteiger partial charge in [-0.05, 0) is 36.1 Å². The highest BCUT2D eigenvalue weighted by Crippen LogP contribution is 2.44. The quantitative estimate of drug-likeness (QED) is 0.700. The molecular weight excluding hydrogens is 394 g/mol. The van der Waals surface area contributed by atoms with Crippen molar-refractivity contribution in [2.24, 2.45) is 5.41 Å². The number of carbonyl (C=O) groups excluding carboxylic acids is 3. The van der Waals surface area contributed by atoms with Crippen molar-refractivity contribution in [2.75, 3.05) is 11.4 Å². The first kappa shape index (κ1) is 19.5. The SMILES string of the molecule is CC(C)(C)CC(=O)N1C[C@H]2CC1C1C(=O)N(c3ccc(C#N)c4ncccc34)C(=O)N12. The molecule has 158 valence electrons. The van der Waals surface area contributed by atoms with E-state index in [9.17, 15) is 19.6 Å². The molecule has 2 unspecified atom stereocenters. The minimum absolute atomic E-state index is 0.0337. The molecule has 0 saturated carbocycles. The predicted molar refractivity (Wildman–Crippen MR) is 113 cm³/mol. The molecule has 0 aliphatic carbocycles. The minimum Gasteiger partial charge on any atom is -0.335 e.